The molecule has 19 heavy (non-hydrogen) atoms. The van der Waals surface area contributed by atoms with Gasteiger partial charge in [0.05, 0.1) is 5.60 Å². The molecule has 1 saturated heterocycles. The van der Waals surface area contributed by atoms with Crippen molar-refractivity contribution in [1.82, 2.24) is 0 Å². The molecule has 0 radical (unpaired) electrons. The molecule has 106 valence electrons. The van der Waals surface area contributed by atoms with Crippen LogP contribution in [0.25, 0.3) is 0 Å². The second kappa shape index (κ2) is 6.53. The van der Waals surface area contributed by atoms with E-state index in [1.807, 2.05) is 0 Å². The smallest absolute Gasteiger partial charge is 0.158 e. The van der Waals surface area contributed by atoms with Crippen LogP contribution in [0.2, 0.25) is 0 Å². The molecular formula is C17H26O2. The van der Waals surface area contributed by atoms with Crippen LogP contribution in [-0.4, -0.2) is 12.9 Å². The predicted molar refractivity (Wildman–Crippen MR) is 78.1 cm³/mol. The van der Waals surface area contributed by atoms with Crippen LogP contribution in [0.1, 0.15) is 57.6 Å². The summed E-state index contributed by atoms with van der Waals surface area (Å²) in [5.74, 6) is 0. The molecular weight excluding hydrogens is 236 g/mol. The molecule has 0 aromatic heterocycles. The Morgan fingerprint density at radius 1 is 1.26 bits per heavy atom. The zero-order chi connectivity index (χ0) is 13.7. The summed E-state index contributed by atoms with van der Waals surface area (Å²) >= 11 is 0. The minimum Gasteiger partial charge on any atom is -0.353 e. The summed E-state index contributed by atoms with van der Waals surface area (Å²) in [4.78, 5) is 0. The summed E-state index contributed by atoms with van der Waals surface area (Å²) in [6.45, 7) is 7.35. The molecule has 0 saturated carbocycles. The quantitative estimate of drug-likeness (QED) is 0.782. The molecule has 1 heterocycles. The van der Waals surface area contributed by atoms with E-state index in [9.17, 15) is 0 Å². The minimum absolute atomic E-state index is 0.0431. The second-order valence-corrected chi connectivity index (χ2v) is 5.83. The Kier molecular flexibility index (Phi) is 5.00. The predicted octanol–water partition coefficient (Wildman–Crippen LogP) is 4.42. The zero-order valence-corrected chi connectivity index (χ0v) is 12.4. The summed E-state index contributed by atoms with van der Waals surface area (Å²) in [6, 6.07) is 8.61. The van der Waals surface area contributed by atoms with Crippen LogP contribution in [0.3, 0.4) is 0 Å². The third-order valence-electron chi connectivity index (χ3n) is 3.75. The highest BCUT2D eigenvalue weighted by Crippen LogP contribution is 2.32. The van der Waals surface area contributed by atoms with Gasteiger partial charge in [-0.1, -0.05) is 37.6 Å². The van der Waals surface area contributed by atoms with E-state index >= 15 is 0 Å². The van der Waals surface area contributed by atoms with Crippen LogP contribution >= 0.6 is 0 Å². The Labute approximate surface area is 117 Å². The number of aryl methyl sites for hydroxylation is 1. The van der Waals surface area contributed by atoms with Crippen molar-refractivity contribution in [1.29, 1.82) is 0 Å². The fourth-order valence-electron chi connectivity index (χ4n) is 2.79. The van der Waals surface area contributed by atoms with Crippen LogP contribution in [0.4, 0.5) is 0 Å². The lowest BCUT2D eigenvalue weighted by atomic mass is 9.91. The first-order valence-corrected chi connectivity index (χ1v) is 7.51. The molecule has 0 amide bonds. The van der Waals surface area contributed by atoms with Gasteiger partial charge < -0.3 is 9.47 Å². The van der Waals surface area contributed by atoms with Gasteiger partial charge in [-0.15, -0.1) is 0 Å². The molecule has 2 rings (SSSR count). The zero-order valence-electron chi connectivity index (χ0n) is 12.4. The minimum atomic E-state index is -0.284. The van der Waals surface area contributed by atoms with Crippen LogP contribution < -0.4 is 0 Å². The fraction of sp³-hybridized carbons (Fsp3) is 0.647. The van der Waals surface area contributed by atoms with E-state index in [0.29, 0.717) is 0 Å². The van der Waals surface area contributed by atoms with Crippen molar-refractivity contribution in [2.24, 2.45) is 0 Å². The van der Waals surface area contributed by atoms with Gasteiger partial charge in [0, 0.05) is 6.61 Å². The maximum Gasteiger partial charge on any atom is 0.158 e. The van der Waals surface area contributed by atoms with Crippen molar-refractivity contribution >= 4 is 0 Å². The number of benzene rings is 1. The Balaban J connectivity index is 2.13. The molecule has 0 spiro atoms. The number of hydrogen-bond donors (Lipinski definition) is 0. The summed E-state index contributed by atoms with van der Waals surface area (Å²) in [7, 11) is 0. The lowest BCUT2D eigenvalue weighted by Gasteiger charge is -2.34. The Morgan fingerprint density at radius 3 is 2.74 bits per heavy atom. The first-order valence-electron chi connectivity index (χ1n) is 7.51. The number of ether oxygens (including phenoxy) is 2. The van der Waals surface area contributed by atoms with Gasteiger partial charge in [0.25, 0.3) is 0 Å². The third kappa shape index (κ3) is 3.80. The lowest BCUT2D eigenvalue weighted by molar-refractivity contribution is -0.219. The number of rotatable bonds is 5. The summed E-state index contributed by atoms with van der Waals surface area (Å²) in [5.41, 5.74) is 2.41. The second-order valence-electron chi connectivity index (χ2n) is 5.83. The average Bonchev–Trinajstić information content (AvgIpc) is 2.40. The van der Waals surface area contributed by atoms with Crippen molar-refractivity contribution in [3.8, 4) is 0 Å². The topological polar surface area (TPSA) is 18.5 Å². The van der Waals surface area contributed by atoms with Gasteiger partial charge >= 0.3 is 0 Å². The van der Waals surface area contributed by atoms with Crippen molar-refractivity contribution in [3.05, 3.63) is 35.4 Å². The molecule has 1 aromatic carbocycles. The van der Waals surface area contributed by atoms with Crippen molar-refractivity contribution in [2.45, 2.75) is 64.8 Å². The Morgan fingerprint density at radius 2 is 2.05 bits per heavy atom. The molecule has 1 fully saturated rings. The monoisotopic (exact) mass is 262 g/mol. The van der Waals surface area contributed by atoms with Crippen LogP contribution in [0, 0.1) is 0 Å². The van der Waals surface area contributed by atoms with Gasteiger partial charge in [0.1, 0.15) is 0 Å². The molecule has 0 N–H and O–H groups in total. The standard InChI is InChI=1S/C17H26O2/c1-4-9-14-10-5-6-11-15(14)17(2,3)19-16-12-7-8-13-18-16/h5-6,10-11,16H,4,7-9,12-13H2,1-3H3. The van der Waals surface area contributed by atoms with E-state index in [1.165, 1.54) is 17.5 Å². The summed E-state index contributed by atoms with van der Waals surface area (Å²) in [6.07, 6.45) is 5.60. The van der Waals surface area contributed by atoms with Crippen molar-refractivity contribution in [3.63, 3.8) is 0 Å². The van der Waals surface area contributed by atoms with E-state index in [-0.39, 0.29) is 11.9 Å². The van der Waals surface area contributed by atoms with E-state index in [0.717, 1.165) is 32.3 Å². The highest BCUT2D eigenvalue weighted by atomic mass is 16.7. The fourth-order valence-corrected chi connectivity index (χ4v) is 2.79. The molecule has 1 aliphatic rings. The molecule has 1 aromatic rings. The Bertz CT molecular complexity index is 392. The number of hydrogen-bond acceptors (Lipinski definition) is 2. The van der Waals surface area contributed by atoms with Crippen LogP contribution in [0.15, 0.2) is 24.3 Å². The lowest BCUT2D eigenvalue weighted by Crippen LogP contribution is -2.33. The highest BCUT2D eigenvalue weighted by Gasteiger charge is 2.29. The SMILES string of the molecule is CCCc1ccccc1C(C)(C)OC1CCCCO1. The summed E-state index contributed by atoms with van der Waals surface area (Å²) in [5, 5.41) is 0. The maximum atomic E-state index is 6.23. The highest BCUT2D eigenvalue weighted by molar-refractivity contribution is 5.31. The van der Waals surface area contributed by atoms with Gasteiger partial charge in [-0.2, -0.15) is 0 Å². The van der Waals surface area contributed by atoms with Gasteiger partial charge in [0.2, 0.25) is 0 Å². The van der Waals surface area contributed by atoms with Crippen molar-refractivity contribution in [2.75, 3.05) is 6.61 Å². The van der Waals surface area contributed by atoms with Crippen LogP contribution in [0.5, 0.6) is 0 Å². The normalized spacial score (nSPS) is 20.5. The first-order chi connectivity index (χ1) is 9.13. The van der Waals surface area contributed by atoms with Gasteiger partial charge in [-0.3, -0.25) is 0 Å². The van der Waals surface area contributed by atoms with Gasteiger partial charge in [-0.05, 0) is 50.7 Å². The Hall–Kier alpha value is -0.860. The maximum absolute atomic E-state index is 6.23. The van der Waals surface area contributed by atoms with Gasteiger partial charge in [0.15, 0.2) is 6.29 Å². The molecule has 1 aliphatic heterocycles. The molecule has 0 aliphatic carbocycles. The largest absolute Gasteiger partial charge is 0.353 e. The third-order valence-corrected chi connectivity index (χ3v) is 3.75. The van der Waals surface area contributed by atoms with E-state index in [2.05, 4.69) is 45.0 Å². The molecule has 2 nitrogen and oxygen atoms in total. The van der Waals surface area contributed by atoms with Gasteiger partial charge in [-0.25, -0.2) is 0 Å². The molecule has 1 unspecified atom stereocenters. The first kappa shape index (κ1) is 14.5. The average molecular weight is 262 g/mol. The van der Waals surface area contributed by atoms with E-state index in [4.69, 9.17) is 9.47 Å². The van der Waals surface area contributed by atoms with E-state index < -0.39 is 0 Å². The molecule has 1 atom stereocenters. The molecule has 0 bridgehead atoms. The van der Waals surface area contributed by atoms with Crippen LogP contribution in [-0.2, 0) is 21.5 Å². The van der Waals surface area contributed by atoms with Crippen molar-refractivity contribution < 1.29 is 9.47 Å². The molecule has 2 heteroatoms. The van der Waals surface area contributed by atoms with E-state index in [1.54, 1.807) is 0 Å². The summed E-state index contributed by atoms with van der Waals surface area (Å²) < 4.78 is 11.9.